The molecule has 0 aliphatic rings. The zero-order chi connectivity index (χ0) is 14.6. The van der Waals surface area contributed by atoms with Crippen molar-refractivity contribution in [1.29, 1.82) is 0 Å². The molecule has 0 bridgehead atoms. The lowest BCUT2D eigenvalue weighted by molar-refractivity contribution is 0.00766. The summed E-state index contributed by atoms with van der Waals surface area (Å²) in [6.07, 6.45) is 0. The lowest BCUT2D eigenvalue weighted by Gasteiger charge is -2.31. The molecule has 0 radical (unpaired) electrons. The zero-order valence-corrected chi connectivity index (χ0v) is 12.1. The van der Waals surface area contributed by atoms with E-state index in [1.54, 1.807) is 0 Å². The molecule has 1 atom stereocenters. The van der Waals surface area contributed by atoms with Gasteiger partial charge in [-0.1, -0.05) is 42.5 Å². The van der Waals surface area contributed by atoms with Crippen LogP contribution in [0.5, 0.6) is 5.75 Å². The lowest BCUT2D eigenvalue weighted by atomic mass is 10.0. The second-order valence-electron chi connectivity index (χ2n) is 5.45. The molecule has 0 saturated heterocycles. The summed E-state index contributed by atoms with van der Waals surface area (Å²) in [5.41, 5.74) is 4.08. The van der Waals surface area contributed by atoms with E-state index in [4.69, 9.17) is 9.94 Å². The summed E-state index contributed by atoms with van der Waals surface area (Å²) >= 11 is 0. The van der Waals surface area contributed by atoms with Crippen LogP contribution in [0, 0.1) is 0 Å². The van der Waals surface area contributed by atoms with E-state index in [-0.39, 0.29) is 6.04 Å². The summed E-state index contributed by atoms with van der Waals surface area (Å²) in [5.74, 6) is 0.789. The van der Waals surface area contributed by atoms with E-state index in [1.807, 2.05) is 63.2 Å². The van der Waals surface area contributed by atoms with Crippen molar-refractivity contribution >= 4 is 0 Å². The van der Waals surface area contributed by atoms with E-state index in [0.717, 1.165) is 11.3 Å². The third-order valence-electron chi connectivity index (χ3n) is 3.58. The molecule has 20 heavy (non-hydrogen) atoms. The van der Waals surface area contributed by atoms with Gasteiger partial charge in [0.05, 0.1) is 6.04 Å². The van der Waals surface area contributed by atoms with Crippen LogP contribution < -0.4 is 10.2 Å². The molecule has 2 N–H and O–H groups in total. The third kappa shape index (κ3) is 3.38. The van der Waals surface area contributed by atoms with Crippen LogP contribution in [0.3, 0.4) is 0 Å². The molecule has 0 amide bonds. The van der Waals surface area contributed by atoms with Gasteiger partial charge in [0, 0.05) is 0 Å². The summed E-state index contributed by atoms with van der Waals surface area (Å²) in [6.45, 7) is 5.75. The molecule has 0 heterocycles. The highest BCUT2D eigenvalue weighted by Crippen LogP contribution is 2.25. The van der Waals surface area contributed by atoms with E-state index in [1.165, 1.54) is 5.56 Å². The molecular formula is C17H21NO2. The highest BCUT2D eigenvalue weighted by Gasteiger charge is 2.27. The van der Waals surface area contributed by atoms with E-state index in [0.29, 0.717) is 0 Å². The lowest BCUT2D eigenvalue weighted by Crippen LogP contribution is -2.47. The average Bonchev–Trinajstić information content (AvgIpc) is 2.47. The van der Waals surface area contributed by atoms with Crippen molar-refractivity contribution < 1.29 is 9.94 Å². The van der Waals surface area contributed by atoms with Crippen LogP contribution in [0.15, 0.2) is 54.6 Å². The summed E-state index contributed by atoms with van der Waals surface area (Å²) in [7, 11) is 0. The first-order valence-corrected chi connectivity index (χ1v) is 6.77. The number of hydrogen-bond acceptors (Lipinski definition) is 3. The monoisotopic (exact) mass is 271 g/mol. The maximum atomic E-state index is 9.01. The fraction of sp³-hybridized carbons (Fsp3) is 0.294. The molecule has 3 heteroatoms. The van der Waals surface area contributed by atoms with Crippen molar-refractivity contribution in [3.8, 4) is 16.9 Å². The van der Waals surface area contributed by atoms with Crippen molar-refractivity contribution in [2.75, 3.05) is 0 Å². The summed E-state index contributed by atoms with van der Waals surface area (Å²) < 4.78 is 5.92. The van der Waals surface area contributed by atoms with Crippen LogP contribution in [0.4, 0.5) is 0 Å². The Kier molecular flexibility index (Phi) is 4.42. The molecule has 0 aliphatic heterocycles. The molecule has 106 valence electrons. The van der Waals surface area contributed by atoms with Gasteiger partial charge in [-0.15, -0.1) is 0 Å². The van der Waals surface area contributed by atoms with Gasteiger partial charge in [-0.3, -0.25) is 0 Å². The maximum Gasteiger partial charge on any atom is 0.121 e. The Morgan fingerprint density at radius 2 is 1.50 bits per heavy atom. The minimum absolute atomic E-state index is 0.170. The van der Waals surface area contributed by atoms with Crippen molar-refractivity contribution in [2.24, 2.45) is 0 Å². The Labute approximate surface area is 120 Å². The van der Waals surface area contributed by atoms with Gasteiger partial charge >= 0.3 is 0 Å². The Morgan fingerprint density at radius 3 is 2.05 bits per heavy atom. The predicted molar refractivity (Wildman–Crippen MR) is 81.0 cm³/mol. The van der Waals surface area contributed by atoms with Crippen LogP contribution in [0.2, 0.25) is 0 Å². The van der Waals surface area contributed by atoms with E-state index in [9.17, 15) is 0 Å². The van der Waals surface area contributed by atoms with E-state index < -0.39 is 5.60 Å². The second-order valence-corrected chi connectivity index (χ2v) is 5.45. The molecule has 0 fully saturated rings. The van der Waals surface area contributed by atoms with Gasteiger partial charge in [0.25, 0.3) is 0 Å². The Balaban J connectivity index is 2.13. The molecule has 0 saturated carbocycles. The van der Waals surface area contributed by atoms with Gasteiger partial charge in [-0.25, -0.2) is 0 Å². The van der Waals surface area contributed by atoms with Crippen LogP contribution in [-0.2, 0) is 0 Å². The predicted octanol–water partition coefficient (Wildman–Crippen LogP) is 3.88. The summed E-state index contributed by atoms with van der Waals surface area (Å²) in [5, 5.41) is 9.01. The van der Waals surface area contributed by atoms with Gasteiger partial charge in [0.2, 0.25) is 0 Å². The quantitative estimate of drug-likeness (QED) is 0.811. The van der Waals surface area contributed by atoms with Gasteiger partial charge in [0.1, 0.15) is 11.4 Å². The molecule has 2 aromatic rings. The van der Waals surface area contributed by atoms with Gasteiger partial charge in [-0.2, -0.15) is 5.48 Å². The molecule has 2 aromatic carbocycles. The normalized spacial score (nSPS) is 13.0. The number of rotatable bonds is 5. The summed E-state index contributed by atoms with van der Waals surface area (Å²) in [6, 6.07) is 18.0. The molecule has 2 rings (SSSR count). The summed E-state index contributed by atoms with van der Waals surface area (Å²) in [4.78, 5) is 0. The van der Waals surface area contributed by atoms with Crippen LogP contribution in [0.25, 0.3) is 11.1 Å². The first-order valence-electron chi connectivity index (χ1n) is 6.77. The largest absolute Gasteiger partial charge is 0.486 e. The molecule has 1 unspecified atom stereocenters. The first-order chi connectivity index (χ1) is 9.53. The number of hydrogen-bond donors (Lipinski definition) is 2. The number of benzene rings is 2. The van der Waals surface area contributed by atoms with Crippen LogP contribution in [-0.4, -0.2) is 16.9 Å². The molecule has 0 aromatic heterocycles. The minimum atomic E-state index is -0.497. The third-order valence-corrected chi connectivity index (χ3v) is 3.58. The first kappa shape index (κ1) is 14.6. The standard InChI is InChI=1S/C17H21NO2/c1-13(18-19)17(2,3)20-16-11-9-15(10-12-16)14-7-5-4-6-8-14/h4-13,18-19H,1-3H3. The van der Waals surface area contributed by atoms with E-state index >= 15 is 0 Å². The van der Waals surface area contributed by atoms with Crippen molar-refractivity contribution in [3.63, 3.8) is 0 Å². The van der Waals surface area contributed by atoms with Crippen LogP contribution in [0.1, 0.15) is 20.8 Å². The van der Waals surface area contributed by atoms with Crippen molar-refractivity contribution in [2.45, 2.75) is 32.4 Å². The second kappa shape index (κ2) is 6.07. The Hall–Kier alpha value is -1.84. The molecule has 0 spiro atoms. The smallest absolute Gasteiger partial charge is 0.121 e. The number of nitrogens with one attached hydrogen (secondary N) is 1. The Bertz CT molecular complexity index is 535. The maximum absolute atomic E-state index is 9.01. The molecular weight excluding hydrogens is 250 g/mol. The SMILES string of the molecule is CC(NO)C(C)(C)Oc1ccc(-c2ccccc2)cc1. The molecule has 3 nitrogen and oxygen atoms in total. The van der Waals surface area contributed by atoms with Crippen LogP contribution >= 0.6 is 0 Å². The van der Waals surface area contributed by atoms with Gasteiger partial charge < -0.3 is 9.94 Å². The fourth-order valence-corrected chi connectivity index (χ4v) is 1.89. The molecule has 0 aliphatic carbocycles. The Morgan fingerprint density at radius 1 is 0.950 bits per heavy atom. The zero-order valence-electron chi connectivity index (χ0n) is 12.1. The van der Waals surface area contributed by atoms with Crippen molar-refractivity contribution in [1.82, 2.24) is 5.48 Å². The minimum Gasteiger partial charge on any atom is -0.486 e. The number of ether oxygens (including phenoxy) is 1. The highest BCUT2D eigenvalue weighted by molar-refractivity contribution is 5.63. The topological polar surface area (TPSA) is 41.5 Å². The van der Waals surface area contributed by atoms with Gasteiger partial charge in [0.15, 0.2) is 0 Å². The van der Waals surface area contributed by atoms with Crippen molar-refractivity contribution in [3.05, 3.63) is 54.6 Å². The highest BCUT2D eigenvalue weighted by atomic mass is 16.5. The fourth-order valence-electron chi connectivity index (χ4n) is 1.89. The van der Waals surface area contributed by atoms with E-state index in [2.05, 4.69) is 17.6 Å². The average molecular weight is 271 g/mol. The van der Waals surface area contributed by atoms with Gasteiger partial charge in [-0.05, 0) is 44.0 Å². The number of hydroxylamine groups is 1.